The van der Waals surface area contributed by atoms with Crippen LogP contribution in [-0.2, 0) is 13.0 Å². The Hall–Kier alpha value is -1.19. The molecule has 1 aliphatic carbocycles. The molecule has 1 aliphatic rings. The minimum Gasteiger partial charge on any atom is -0.315 e. The second kappa shape index (κ2) is 5.06. The Morgan fingerprint density at radius 3 is 2.84 bits per heavy atom. The van der Waals surface area contributed by atoms with Gasteiger partial charge in [-0.05, 0) is 30.5 Å². The molecule has 2 aromatic rings. The van der Waals surface area contributed by atoms with Gasteiger partial charge in [-0.2, -0.15) is 0 Å². The van der Waals surface area contributed by atoms with Crippen molar-refractivity contribution in [1.29, 1.82) is 0 Å². The molecule has 0 bridgehead atoms. The molecule has 1 unspecified atom stereocenters. The van der Waals surface area contributed by atoms with E-state index in [9.17, 15) is 0 Å². The number of fused-ring (bicyclic) bond motifs is 1. The summed E-state index contributed by atoms with van der Waals surface area (Å²) in [5.41, 5.74) is 4.24. The standard InChI is InChI=1S/C16H20N2S/c1-10(2)15-14(9-17-3)19-16(18-15)13-8-11-6-4-5-7-12(11)13/h4-7,10,13,17H,8-9H2,1-3H3. The van der Waals surface area contributed by atoms with E-state index in [0.717, 1.165) is 13.0 Å². The zero-order valence-corrected chi connectivity index (χ0v) is 12.6. The van der Waals surface area contributed by atoms with Crippen molar-refractivity contribution in [1.82, 2.24) is 10.3 Å². The van der Waals surface area contributed by atoms with E-state index in [1.54, 1.807) is 0 Å². The summed E-state index contributed by atoms with van der Waals surface area (Å²) in [6.07, 6.45) is 1.15. The highest BCUT2D eigenvalue weighted by molar-refractivity contribution is 7.11. The van der Waals surface area contributed by atoms with Crippen molar-refractivity contribution in [3.8, 4) is 0 Å². The molecule has 19 heavy (non-hydrogen) atoms. The molecule has 1 aromatic carbocycles. The number of nitrogens with one attached hydrogen (secondary N) is 1. The normalized spacial score (nSPS) is 17.4. The summed E-state index contributed by atoms with van der Waals surface area (Å²) in [7, 11) is 2.00. The van der Waals surface area contributed by atoms with Crippen molar-refractivity contribution in [2.45, 2.75) is 38.6 Å². The van der Waals surface area contributed by atoms with Crippen LogP contribution in [0.1, 0.15) is 52.4 Å². The van der Waals surface area contributed by atoms with Crippen LogP contribution in [0.4, 0.5) is 0 Å². The summed E-state index contributed by atoms with van der Waals surface area (Å²) < 4.78 is 0. The third-order valence-corrected chi connectivity index (χ3v) is 4.97. The summed E-state index contributed by atoms with van der Waals surface area (Å²) >= 11 is 1.89. The Balaban J connectivity index is 1.93. The molecule has 1 aromatic heterocycles. The molecule has 2 nitrogen and oxygen atoms in total. The average Bonchev–Trinajstić information content (AvgIpc) is 2.75. The Bertz CT molecular complexity index is 586. The van der Waals surface area contributed by atoms with E-state index in [4.69, 9.17) is 4.98 Å². The number of rotatable bonds is 4. The largest absolute Gasteiger partial charge is 0.315 e. The maximum Gasteiger partial charge on any atom is 0.101 e. The van der Waals surface area contributed by atoms with Crippen molar-refractivity contribution in [2.75, 3.05) is 7.05 Å². The van der Waals surface area contributed by atoms with E-state index in [0.29, 0.717) is 11.8 Å². The van der Waals surface area contributed by atoms with Gasteiger partial charge >= 0.3 is 0 Å². The van der Waals surface area contributed by atoms with Crippen LogP contribution >= 0.6 is 11.3 Å². The van der Waals surface area contributed by atoms with Crippen LogP contribution < -0.4 is 5.32 Å². The highest BCUT2D eigenvalue weighted by atomic mass is 32.1. The molecule has 3 rings (SSSR count). The minimum atomic E-state index is 0.503. The Morgan fingerprint density at radius 2 is 2.16 bits per heavy atom. The number of aromatic nitrogens is 1. The van der Waals surface area contributed by atoms with Crippen molar-refractivity contribution in [2.24, 2.45) is 0 Å². The van der Waals surface area contributed by atoms with E-state index < -0.39 is 0 Å². The minimum absolute atomic E-state index is 0.503. The smallest absolute Gasteiger partial charge is 0.101 e. The summed E-state index contributed by atoms with van der Waals surface area (Å²) in [4.78, 5) is 6.33. The Kier molecular flexibility index (Phi) is 3.42. The van der Waals surface area contributed by atoms with Crippen LogP contribution in [-0.4, -0.2) is 12.0 Å². The molecule has 0 fully saturated rings. The van der Waals surface area contributed by atoms with Gasteiger partial charge in [-0.25, -0.2) is 4.98 Å². The number of benzene rings is 1. The topological polar surface area (TPSA) is 24.9 Å². The Morgan fingerprint density at radius 1 is 1.37 bits per heavy atom. The van der Waals surface area contributed by atoms with Gasteiger partial charge in [-0.1, -0.05) is 38.1 Å². The third-order valence-electron chi connectivity index (χ3n) is 3.78. The first kappa shape index (κ1) is 12.8. The van der Waals surface area contributed by atoms with Gasteiger partial charge in [0.05, 0.1) is 5.69 Å². The SMILES string of the molecule is CNCc1sc(C2Cc3ccccc32)nc1C(C)C. The van der Waals surface area contributed by atoms with Crippen LogP contribution in [0.3, 0.4) is 0 Å². The number of thiazole rings is 1. The quantitative estimate of drug-likeness (QED) is 0.918. The van der Waals surface area contributed by atoms with Gasteiger partial charge in [-0.3, -0.25) is 0 Å². The molecule has 0 saturated carbocycles. The zero-order valence-electron chi connectivity index (χ0n) is 11.7. The molecule has 1 N–H and O–H groups in total. The molecule has 0 saturated heterocycles. The van der Waals surface area contributed by atoms with Crippen molar-refractivity contribution in [3.63, 3.8) is 0 Å². The number of hydrogen-bond donors (Lipinski definition) is 1. The van der Waals surface area contributed by atoms with Crippen molar-refractivity contribution < 1.29 is 0 Å². The average molecular weight is 272 g/mol. The maximum atomic E-state index is 4.93. The highest BCUT2D eigenvalue weighted by Crippen LogP contribution is 2.42. The zero-order chi connectivity index (χ0) is 13.4. The molecule has 0 spiro atoms. The van der Waals surface area contributed by atoms with Crippen LogP contribution in [0.25, 0.3) is 0 Å². The molecule has 0 aliphatic heterocycles. The van der Waals surface area contributed by atoms with Gasteiger partial charge in [0.1, 0.15) is 5.01 Å². The lowest BCUT2D eigenvalue weighted by atomic mass is 9.78. The third kappa shape index (κ3) is 2.21. The lowest BCUT2D eigenvalue weighted by molar-refractivity contribution is 0.691. The fourth-order valence-electron chi connectivity index (χ4n) is 2.75. The summed E-state index contributed by atoms with van der Waals surface area (Å²) in [5, 5.41) is 4.56. The summed E-state index contributed by atoms with van der Waals surface area (Å²) in [6.45, 7) is 5.39. The van der Waals surface area contributed by atoms with Crippen LogP contribution in [0, 0.1) is 0 Å². The predicted molar refractivity (Wildman–Crippen MR) is 81.0 cm³/mol. The molecular weight excluding hydrogens is 252 g/mol. The fraction of sp³-hybridized carbons (Fsp3) is 0.438. The van der Waals surface area contributed by atoms with Crippen LogP contribution in [0.2, 0.25) is 0 Å². The second-order valence-corrected chi connectivity index (χ2v) is 6.62. The first-order chi connectivity index (χ1) is 9.20. The van der Waals surface area contributed by atoms with E-state index in [-0.39, 0.29) is 0 Å². The first-order valence-corrected chi connectivity index (χ1v) is 7.74. The maximum absolute atomic E-state index is 4.93. The van der Waals surface area contributed by atoms with Gasteiger partial charge in [-0.15, -0.1) is 11.3 Å². The fourth-order valence-corrected chi connectivity index (χ4v) is 4.10. The van der Waals surface area contributed by atoms with E-state index >= 15 is 0 Å². The molecule has 1 atom stereocenters. The highest BCUT2D eigenvalue weighted by Gasteiger charge is 2.30. The van der Waals surface area contributed by atoms with Crippen molar-refractivity contribution in [3.05, 3.63) is 51.0 Å². The van der Waals surface area contributed by atoms with E-state index in [1.807, 2.05) is 18.4 Å². The van der Waals surface area contributed by atoms with Crippen LogP contribution in [0.15, 0.2) is 24.3 Å². The van der Waals surface area contributed by atoms with Crippen LogP contribution in [0.5, 0.6) is 0 Å². The predicted octanol–water partition coefficient (Wildman–Crippen LogP) is 3.67. The lowest BCUT2D eigenvalue weighted by Gasteiger charge is -2.28. The van der Waals surface area contributed by atoms with Gasteiger partial charge in [0.25, 0.3) is 0 Å². The van der Waals surface area contributed by atoms with Gasteiger partial charge in [0, 0.05) is 17.3 Å². The summed E-state index contributed by atoms with van der Waals surface area (Å²) in [5.74, 6) is 1.04. The summed E-state index contributed by atoms with van der Waals surface area (Å²) in [6, 6.07) is 8.74. The monoisotopic (exact) mass is 272 g/mol. The van der Waals surface area contributed by atoms with Gasteiger partial charge < -0.3 is 5.32 Å². The Labute approximate surface area is 118 Å². The van der Waals surface area contributed by atoms with E-state index in [1.165, 1.54) is 26.7 Å². The lowest BCUT2D eigenvalue weighted by Crippen LogP contribution is -2.17. The molecule has 1 heterocycles. The second-order valence-electron chi connectivity index (χ2n) is 5.50. The van der Waals surface area contributed by atoms with E-state index in [2.05, 4.69) is 43.4 Å². The number of nitrogens with zero attached hydrogens (tertiary/aromatic N) is 1. The van der Waals surface area contributed by atoms with Gasteiger partial charge in [0.15, 0.2) is 0 Å². The molecular formula is C16H20N2S. The molecule has 3 heteroatoms. The first-order valence-electron chi connectivity index (χ1n) is 6.92. The molecule has 100 valence electrons. The van der Waals surface area contributed by atoms with Gasteiger partial charge in [0.2, 0.25) is 0 Å². The molecule has 0 radical (unpaired) electrons. The number of hydrogen-bond acceptors (Lipinski definition) is 3. The molecule has 0 amide bonds. The van der Waals surface area contributed by atoms with Crippen molar-refractivity contribution >= 4 is 11.3 Å².